The second kappa shape index (κ2) is 13.7. The van der Waals surface area contributed by atoms with Crippen LogP contribution < -0.4 is 0 Å². The molecule has 6 heteroatoms. The molecule has 290 valence electrons. The fraction of sp³-hybridized carbons (Fsp3) is 0.0357. The quantitative estimate of drug-likeness (QED) is 0.167. The zero-order valence-electron chi connectivity index (χ0n) is 33.2. The van der Waals surface area contributed by atoms with E-state index < -0.39 is 0 Å². The normalized spacial score (nSPS) is 14.8. The standard InChI is InChI=1S/C56H34N4O2/c1-3-13-33(14-4-1)55-57-47(29-49(59-55)45-31-61-51-21-11-9-17-37(45)51)35-23-25-41-43(27-35)53-39-19-7-8-20-40(39)54(41)44-28-36(24-26-42(44)53)48-30-50(46-32-62-52-22-12-10-18-38(46)52)60-56(58-48)34-15-5-2-6-16-34/h1-32,53-54H. The maximum absolute atomic E-state index is 6.00. The Labute approximate surface area is 356 Å². The fourth-order valence-corrected chi connectivity index (χ4v) is 9.79. The monoisotopic (exact) mass is 794 g/mol. The number of rotatable bonds is 6. The molecular weight excluding hydrogens is 761 g/mol. The average Bonchev–Trinajstić information content (AvgIpc) is 3.99. The van der Waals surface area contributed by atoms with Gasteiger partial charge in [0.1, 0.15) is 23.7 Å². The highest BCUT2D eigenvalue weighted by molar-refractivity contribution is 5.95. The van der Waals surface area contributed by atoms with E-state index in [2.05, 4.69) is 109 Å². The van der Waals surface area contributed by atoms with Crippen molar-refractivity contribution in [3.8, 4) is 67.8 Å². The summed E-state index contributed by atoms with van der Waals surface area (Å²) in [5.41, 5.74) is 18.9. The lowest BCUT2D eigenvalue weighted by Gasteiger charge is -2.42. The number of aromatic nitrogens is 4. The molecule has 6 nitrogen and oxygen atoms in total. The highest BCUT2D eigenvalue weighted by atomic mass is 16.3. The molecule has 2 atom stereocenters. The topological polar surface area (TPSA) is 77.8 Å². The molecule has 0 radical (unpaired) electrons. The Morgan fingerprint density at radius 2 is 0.694 bits per heavy atom. The van der Waals surface area contributed by atoms with Crippen molar-refractivity contribution < 1.29 is 8.83 Å². The SMILES string of the molecule is c1ccc(-c2nc(-c3ccc4c(c3)C3c5ccccc5C4c4cc(-c5cc(-c6coc7ccccc67)nc(-c6ccccc6)n5)ccc43)cc(-c3coc4ccccc34)n2)cc1. The number of fused-ring (bicyclic) bond motifs is 2. The molecule has 11 aromatic rings. The van der Waals surface area contributed by atoms with Crippen LogP contribution in [0.15, 0.2) is 203 Å². The summed E-state index contributed by atoms with van der Waals surface area (Å²) in [6.07, 6.45) is 3.62. The Balaban J connectivity index is 0.951. The molecule has 14 rings (SSSR count). The summed E-state index contributed by atoms with van der Waals surface area (Å²) in [5, 5.41) is 2.05. The lowest BCUT2D eigenvalue weighted by atomic mass is 9.60. The maximum Gasteiger partial charge on any atom is 0.160 e. The molecule has 4 heterocycles. The number of nitrogens with zero attached hydrogens (tertiary/aromatic N) is 4. The van der Waals surface area contributed by atoms with Gasteiger partial charge in [0.15, 0.2) is 11.6 Å². The molecule has 0 aliphatic heterocycles. The van der Waals surface area contributed by atoms with Crippen LogP contribution in [0, 0.1) is 0 Å². The summed E-state index contributed by atoms with van der Waals surface area (Å²) >= 11 is 0. The summed E-state index contributed by atoms with van der Waals surface area (Å²) < 4.78 is 12.0. The molecule has 7 aromatic carbocycles. The van der Waals surface area contributed by atoms with Gasteiger partial charge in [-0.3, -0.25) is 0 Å². The van der Waals surface area contributed by atoms with Gasteiger partial charge in [0.2, 0.25) is 0 Å². The van der Waals surface area contributed by atoms with Gasteiger partial charge in [-0.25, -0.2) is 19.9 Å². The van der Waals surface area contributed by atoms with E-state index in [0.29, 0.717) is 11.6 Å². The summed E-state index contributed by atoms with van der Waals surface area (Å²) in [6.45, 7) is 0. The van der Waals surface area contributed by atoms with Crippen LogP contribution >= 0.6 is 0 Å². The molecule has 4 aromatic heterocycles. The van der Waals surface area contributed by atoms with Gasteiger partial charge in [-0.15, -0.1) is 0 Å². The predicted molar refractivity (Wildman–Crippen MR) is 245 cm³/mol. The van der Waals surface area contributed by atoms with Crippen LogP contribution in [-0.2, 0) is 0 Å². The summed E-state index contributed by atoms with van der Waals surface area (Å²) in [4.78, 5) is 20.7. The Kier molecular flexibility index (Phi) is 7.63. The van der Waals surface area contributed by atoms with Crippen molar-refractivity contribution in [2.45, 2.75) is 11.8 Å². The van der Waals surface area contributed by atoms with E-state index >= 15 is 0 Å². The second-order valence-electron chi connectivity index (χ2n) is 16.1. The van der Waals surface area contributed by atoms with Gasteiger partial charge < -0.3 is 8.83 Å². The molecule has 2 bridgehead atoms. The van der Waals surface area contributed by atoms with Crippen molar-refractivity contribution in [2.24, 2.45) is 0 Å². The van der Waals surface area contributed by atoms with Gasteiger partial charge in [0.25, 0.3) is 0 Å². The Bertz CT molecular complexity index is 3320. The molecule has 2 unspecified atom stereocenters. The molecule has 3 aliphatic rings. The van der Waals surface area contributed by atoms with Gasteiger partial charge in [0.05, 0.1) is 22.8 Å². The molecule has 0 amide bonds. The smallest absolute Gasteiger partial charge is 0.160 e. The molecule has 0 saturated heterocycles. The zero-order chi connectivity index (χ0) is 40.7. The highest BCUT2D eigenvalue weighted by Gasteiger charge is 2.41. The minimum absolute atomic E-state index is 0.0565. The van der Waals surface area contributed by atoms with E-state index in [9.17, 15) is 0 Å². The third-order valence-electron chi connectivity index (χ3n) is 12.7. The molecule has 0 saturated carbocycles. The van der Waals surface area contributed by atoms with Crippen molar-refractivity contribution in [3.63, 3.8) is 0 Å². The lowest BCUT2D eigenvalue weighted by Crippen LogP contribution is -2.27. The second-order valence-corrected chi connectivity index (χ2v) is 16.1. The first-order valence-electron chi connectivity index (χ1n) is 20.9. The van der Waals surface area contributed by atoms with E-state index in [1.807, 2.05) is 85.3 Å². The largest absolute Gasteiger partial charge is 0.464 e. The van der Waals surface area contributed by atoms with E-state index in [1.54, 1.807) is 0 Å². The minimum Gasteiger partial charge on any atom is -0.464 e. The molecule has 0 fully saturated rings. The number of benzene rings is 7. The maximum atomic E-state index is 6.00. The third-order valence-corrected chi connectivity index (χ3v) is 12.7. The van der Waals surface area contributed by atoms with E-state index in [4.69, 9.17) is 28.8 Å². The number of hydrogen-bond donors (Lipinski definition) is 0. The molecule has 0 N–H and O–H groups in total. The number of furan rings is 2. The first kappa shape index (κ1) is 34.6. The van der Waals surface area contributed by atoms with Crippen LogP contribution in [0.3, 0.4) is 0 Å². The Hall–Kier alpha value is -8.22. The van der Waals surface area contributed by atoms with Crippen LogP contribution in [-0.4, -0.2) is 19.9 Å². The molecule has 62 heavy (non-hydrogen) atoms. The molecule has 0 spiro atoms. The van der Waals surface area contributed by atoms with E-state index in [0.717, 1.165) is 78.1 Å². The van der Waals surface area contributed by atoms with Crippen molar-refractivity contribution in [3.05, 3.63) is 228 Å². The zero-order valence-corrected chi connectivity index (χ0v) is 33.2. The number of para-hydroxylation sites is 2. The van der Waals surface area contributed by atoms with Gasteiger partial charge in [0, 0.05) is 56.0 Å². The lowest BCUT2D eigenvalue weighted by molar-refractivity contribution is 0.616. The Morgan fingerprint density at radius 1 is 0.306 bits per heavy atom. The Morgan fingerprint density at radius 3 is 1.16 bits per heavy atom. The first-order valence-corrected chi connectivity index (χ1v) is 20.9. The van der Waals surface area contributed by atoms with Crippen molar-refractivity contribution >= 4 is 21.9 Å². The highest BCUT2D eigenvalue weighted by Crippen LogP contribution is 2.57. The average molecular weight is 795 g/mol. The predicted octanol–water partition coefficient (Wildman–Crippen LogP) is 13.7. The van der Waals surface area contributed by atoms with Gasteiger partial charge in [-0.1, -0.05) is 146 Å². The van der Waals surface area contributed by atoms with Crippen molar-refractivity contribution in [2.75, 3.05) is 0 Å². The molecular formula is C56H34N4O2. The van der Waals surface area contributed by atoms with E-state index in [-0.39, 0.29) is 11.8 Å². The van der Waals surface area contributed by atoms with Gasteiger partial charge >= 0.3 is 0 Å². The first-order chi connectivity index (χ1) is 30.7. The van der Waals surface area contributed by atoms with Crippen LogP contribution in [0.4, 0.5) is 0 Å². The summed E-state index contributed by atoms with van der Waals surface area (Å²) in [5.74, 6) is 1.47. The minimum atomic E-state index is 0.0565. The summed E-state index contributed by atoms with van der Waals surface area (Å²) in [6, 6.07) is 63.6. The van der Waals surface area contributed by atoms with Crippen LogP contribution in [0.25, 0.3) is 89.7 Å². The van der Waals surface area contributed by atoms with Crippen molar-refractivity contribution in [1.82, 2.24) is 19.9 Å². The molecule has 3 aliphatic carbocycles. The van der Waals surface area contributed by atoms with Crippen LogP contribution in [0.2, 0.25) is 0 Å². The van der Waals surface area contributed by atoms with Crippen LogP contribution in [0.1, 0.15) is 45.2 Å². The van der Waals surface area contributed by atoms with Crippen molar-refractivity contribution in [1.29, 1.82) is 0 Å². The third kappa shape index (κ3) is 5.43. The van der Waals surface area contributed by atoms with Gasteiger partial charge in [-0.05, 0) is 69.8 Å². The fourth-order valence-electron chi connectivity index (χ4n) is 9.79. The van der Waals surface area contributed by atoms with Gasteiger partial charge in [-0.2, -0.15) is 0 Å². The van der Waals surface area contributed by atoms with Crippen LogP contribution in [0.5, 0.6) is 0 Å². The summed E-state index contributed by atoms with van der Waals surface area (Å²) in [7, 11) is 0. The van der Waals surface area contributed by atoms with E-state index in [1.165, 1.54) is 33.4 Å². The number of hydrogen-bond acceptors (Lipinski definition) is 6.